The number of hydrogen-bond acceptors (Lipinski definition) is 8. The Labute approximate surface area is 270 Å². The van der Waals surface area contributed by atoms with Crippen molar-refractivity contribution in [2.24, 2.45) is 11.7 Å². The first-order valence-corrected chi connectivity index (χ1v) is 16.2. The number of primary amides is 1. The zero-order chi connectivity index (χ0) is 33.6. The van der Waals surface area contributed by atoms with Crippen LogP contribution >= 0.6 is 0 Å². The molecule has 0 bridgehead atoms. The molecule has 0 saturated carbocycles. The van der Waals surface area contributed by atoms with Crippen LogP contribution in [-0.4, -0.2) is 97.3 Å². The van der Waals surface area contributed by atoms with E-state index in [2.05, 4.69) is 31.5 Å². The van der Waals surface area contributed by atoms with E-state index in [9.17, 15) is 28.8 Å². The predicted molar refractivity (Wildman–Crippen MR) is 170 cm³/mol. The van der Waals surface area contributed by atoms with Crippen molar-refractivity contribution in [3.05, 3.63) is 29.8 Å². The molecule has 0 aliphatic carbocycles. The van der Waals surface area contributed by atoms with Crippen LogP contribution in [0.2, 0.25) is 0 Å². The van der Waals surface area contributed by atoms with Gasteiger partial charge in [-0.1, -0.05) is 38.8 Å². The zero-order valence-corrected chi connectivity index (χ0v) is 27.1. The van der Waals surface area contributed by atoms with E-state index >= 15 is 0 Å². The van der Waals surface area contributed by atoms with Crippen LogP contribution in [0.1, 0.15) is 76.1 Å². The van der Waals surface area contributed by atoms with E-state index in [1.165, 1.54) is 18.9 Å². The van der Waals surface area contributed by atoms with Crippen LogP contribution in [0.5, 0.6) is 5.75 Å². The van der Waals surface area contributed by atoms with E-state index < -0.39 is 72.5 Å². The number of benzene rings is 1. The van der Waals surface area contributed by atoms with Gasteiger partial charge in [0.05, 0.1) is 24.4 Å². The topological polar surface area (TPSA) is 201 Å². The van der Waals surface area contributed by atoms with Crippen LogP contribution < -0.4 is 37.1 Å². The van der Waals surface area contributed by atoms with Gasteiger partial charge in [-0.2, -0.15) is 0 Å². The first-order chi connectivity index (χ1) is 21.9. The van der Waals surface area contributed by atoms with Gasteiger partial charge in [-0.05, 0) is 63.9 Å². The van der Waals surface area contributed by atoms with Crippen LogP contribution in [0.25, 0.3) is 0 Å². The molecule has 14 nitrogen and oxygen atoms in total. The van der Waals surface area contributed by atoms with Crippen molar-refractivity contribution in [3.63, 3.8) is 0 Å². The van der Waals surface area contributed by atoms with E-state index in [0.29, 0.717) is 13.0 Å². The zero-order valence-electron chi connectivity index (χ0n) is 27.1. The van der Waals surface area contributed by atoms with E-state index in [4.69, 9.17) is 10.5 Å². The van der Waals surface area contributed by atoms with E-state index in [1.54, 1.807) is 39.0 Å². The average molecular weight is 644 g/mol. The minimum absolute atomic E-state index is 0.0000687. The maximum Gasteiger partial charge on any atom is 0.255 e. The Kier molecular flexibility index (Phi) is 14.2. The molecule has 3 rings (SSSR count). The Morgan fingerprint density at radius 2 is 1.67 bits per heavy atom. The molecule has 2 heterocycles. The molecule has 7 N–H and O–H groups in total. The van der Waals surface area contributed by atoms with E-state index in [-0.39, 0.29) is 23.8 Å². The number of carbonyl (C=O) groups excluding carboxylic acids is 6. The number of ether oxygens (including phenoxy) is 1. The number of nitrogens with one attached hydrogen (secondary N) is 5. The van der Waals surface area contributed by atoms with Gasteiger partial charge in [0.2, 0.25) is 29.5 Å². The molecule has 4 atom stereocenters. The van der Waals surface area contributed by atoms with E-state index in [1.807, 2.05) is 0 Å². The molecule has 1 fully saturated rings. The molecule has 6 amide bonds. The van der Waals surface area contributed by atoms with Crippen molar-refractivity contribution in [2.45, 2.75) is 89.9 Å². The molecule has 2 aliphatic heterocycles. The molecule has 0 aromatic heterocycles. The normalized spacial score (nSPS) is 24.2. The molecule has 14 heteroatoms. The molecule has 46 heavy (non-hydrogen) atoms. The predicted octanol–water partition coefficient (Wildman–Crippen LogP) is -0.0445. The standard InChI is InChI=1S/C32H49N7O7/c1-20(2)28-32(45)35-21(3)19-46-25-12-7-6-11-22(25)29(42)37-24(18-27(41)36-23(17-26(33)40)31(44)38-28)30(43)34-13-10-16-39-14-8-4-5-9-15-39/h6-7,11-12,20-21,23-24,28H,4-5,8-10,13-19H2,1-3H3,(H2,33,40)(H,34,43)(H,35,45)(H,36,41)(H,37,42)(H,38,44)/t21-,23-,24-,28+/m0/s1. The van der Waals surface area contributed by atoms with Gasteiger partial charge in [-0.3, -0.25) is 28.8 Å². The molecular formula is C32H49N7O7. The maximum absolute atomic E-state index is 13.5. The van der Waals surface area contributed by atoms with Gasteiger partial charge >= 0.3 is 0 Å². The summed E-state index contributed by atoms with van der Waals surface area (Å²) < 4.78 is 5.89. The third-order valence-corrected chi connectivity index (χ3v) is 7.97. The molecule has 1 aromatic rings. The van der Waals surface area contributed by atoms with Crippen LogP contribution in [-0.2, 0) is 24.0 Å². The largest absolute Gasteiger partial charge is 0.491 e. The summed E-state index contributed by atoms with van der Waals surface area (Å²) in [4.78, 5) is 80.6. The molecule has 0 radical (unpaired) electrons. The number of likely N-dealkylation sites (tertiary alicyclic amines) is 1. The third-order valence-electron chi connectivity index (χ3n) is 7.97. The Balaban J connectivity index is 1.84. The minimum atomic E-state index is -1.41. The van der Waals surface area contributed by atoms with Gasteiger partial charge in [0, 0.05) is 6.54 Å². The molecule has 0 unspecified atom stereocenters. The molecule has 1 saturated heterocycles. The molecule has 1 aromatic carbocycles. The van der Waals surface area contributed by atoms with Crippen molar-refractivity contribution in [2.75, 3.05) is 32.8 Å². The summed E-state index contributed by atoms with van der Waals surface area (Å²) in [5, 5.41) is 13.3. The first-order valence-electron chi connectivity index (χ1n) is 16.2. The maximum atomic E-state index is 13.5. The number of fused-ring (bicyclic) bond motifs is 1. The number of para-hydroxylation sites is 1. The van der Waals surface area contributed by atoms with Crippen molar-refractivity contribution < 1.29 is 33.5 Å². The van der Waals surface area contributed by atoms with Crippen molar-refractivity contribution >= 4 is 35.4 Å². The highest BCUT2D eigenvalue weighted by Gasteiger charge is 2.32. The number of hydrogen-bond donors (Lipinski definition) is 6. The summed E-state index contributed by atoms with van der Waals surface area (Å²) in [6, 6.07) is 2.20. The molecule has 254 valence electrons. The SMILES string of the molecule is CC(C)[C@H]1NC(=O)[C@H](CC(N)=O)NC(=O)C[C@@H](C(=O)NCCCN2CCCCCC2)NC(=O)c2ccccc2OC[C@H](C)NC1=O. The summed E-state index contributed by atoms with van der Waals surface area (Å²) in [5.41, 5.74) is 5.50. The van der Waals surface area contributed by atoms with Crippen LogP contribution in [0.3, 0.4) is 0 Å². The lowest BCUT2D eigenvalue weighted by atomic mass is 10.0. The van der Waals surface area contributed by atoms with Gasteiger partial charge in [-0.25, -0.2) is 0 Å². The number of amides is 6. The number of rotatable bonds is 8. The lowest BCUT2D eigenvalue weighted by Gasteiger charge is -2.26. The van der Waals surface area contributed by atoms with Crippen LogP contribution in [0, 0.1) is 5.92 Å². The monoisotopic (exact) mass is 643 g/mol. The van der Waals surface area contributed by atoms with Gasteiger partial charge in [-0.15, -0.1) is 0 Å². The highest BCUT2D eigenvalue weighted by atomic mass is 16.5. The molecule has 0 spiro atoms. The highest BCUT2D eigenvalue weighted by molar-refractivity contribution is 6.01. The van der Waals surface area contributed by atoms with Crippen molar-refractivity contribution in [3.8, 4) is 5.75 Å². The summed E-state index contributed by atoms with van der Waals surface area (Å²) in [6.07, 6.45) is 4.37. The van der Waals surface area contributed by atoms with Crippen LogP contribution in [0.4, 0.5) is 0 Å². The lowest BCUT2D eigenvalue weighted by Crippen LogP contribution is -2.58. The van der Waals surface area contributed by atoms with Crippen molar-refractivity contribution in [1.29, 1.82) is 0 Å². The van der Waals surface area contributed by atoms with E-state index in [0.717, 1.165) is 32.5 Å². The second kappa shape index (κ2) is 18.1. The van der Waals surface area contributed by atoms with Gasteiger partial charge in [0.25, 0.3) is 5.91 Å². The number of nitrogens with two attached hydrogens (primary N) is 1. The fourth-order valence-electron chi connectivity index (χ4n) is 5.45. The van der Waals surface area contributed by atoms with Gasteiger partial charge < -0.3 is 42.0 Å². The van der Waals surface area contributed by atoms with Crippen LogP contribution in [0.15, 0.2) is 24.3 Å². The smallest absolute Gasteiger partial charge is 0.255 e. The summed E-state index contributed by atoms with van der Waals surface area (Å²) in [6.45, 7) is 8.38. The second-order valence-electron chi connectivity index (χ2n) is 12.4. The Morgan fingerprint density at radius 1 is 0.978 bits per heavy atom. The molecule has 2 aliphatic rings. The second-order valence-corrected chi connectivity index (χ2v) is 12.4. The van der Waals surface area contributed by atoms with Gasteiger partial charge in [0.1, 0.15) is 30.5 Å². The van der Waals surface area contributed by atoms with Gasteiger partial charge in [0.15, 0.2) is 0 Å². The fourth-order valence-corrected chi connectivity index (χ4v) is 5.45. The fraction of sp³-hybridized carbons (Fsp3) is 0.625. The summed E-state index contributed by atoms with van der Waals surface area (Å²) in [5.74, 6) is -4.27. The first kappa shape index (κ1) is 36.3. The third kappa shape index (κ3) is 11.6. The number of nitrogens with zero attached hydrogens (tertiary/aromatic N) is 1. The highest BCUT2D eigenvalue weighted by Crippen LogP contribution is 2.19. The lowest BCUT2D eigenvalue weighted by molar-refractivity contribution is -0.135. The quantitative estimate of drug-likeness (QED) is 0.212. The summed E-state index contributed by atoms with van der Waals surface area (Å²) >= 11 is 0. The number of carbonyl (C=O) groups is 6. The Bertz CT molecular complexity index is 1230. The Hall–Kier alpha value is -4.20. The minimum Gasteiger partial charge on any atom is -0.491 e. The Morgan fingerprint density at radius 3 is 2.35 bits per heavy atom. The average Bonchev–Trinajstić information content (AvgIpc) is 3.28. The molecular weight excluding hydrogens is 594 g/mol. The van der Waals surface area contributed by atoms with Crippen molar-refractivity contribution in [1.82, 2.24) is 31.5 Å². The summed E-state index contributed by atoms with van der Waals surface area (Å²) in [7, 11) is 0.